The summed E-state index contributed by atoms with van der Waals surface area (Å²) in [6, 6.07) is 19.2. The van der Waals surface area contributed by atoms with Crippen LogP contribution in [0.5, 0.6) is 0 Å². The van der Waals surface area contributed by atoms with Crippen LogP contribution in [0.4, 0.5) is 0 Å². The molecule has 0 spiro atoms. The lowest BCUT2D eigenvalue weighted by atomic mass is 10.0. The van der Waals surface area contributed by atoms with Gasteiger partial charge in [0.05, 0.1) is 0 Å². The molecule has 2 amide bonds. The Morgan fingerprint density at radius 2 is 1.62 bits per heavy atom. The fourth-order valence-electron chi connectivity index (χ4n) is 3.90. The number of carbonyl (C=O) groups excluding carboxylic acids is 2. The Morgan fingerprint density at radius 3 is 2.24 bits per heavy atom. The van der Waals surface area contributed by atoms with E-state index in [-0.39, 0.29) is 17.4 Å². The maximum Gasteiger partial charge on any atom is 0.255 e. The maximum absolute atomic E-state index is 13.3. The van der Waals surface area contributed by atoms with E-state index in [0.717, 1.165) is 27.5 Å². The van der Waals surface area contributed by atoms with E-state index in [9.17, 15) is 9.59 Å². The molecule has 4 rings (SSSR count). The monoisotopic (exact) mass is 386 g/mol. The third kappa shape index (κ3) is 3.75. The average Bonchev–Trinajstić information content (AvgIpc) is 2.96. The SMILES string of the molecule is Cc1ccc([C@H](C(=O)NC(C)(C)C)N2Cc3cc4ccccc4cc3C2=O)cc1. The van der Waals surface area contributed by atoms with Gasteiger partial charge in [-0.2, -0.15) is 0 Å². The molecule has 0 bridgehead atoms. The number of carbonyl (C=O) groups is 2. The van der Waals surface area contributed by atoms with Crippen LogP contribution in [-0.4, -0.2) is 22.3 Å². The molecule has 1 atom stereocenters. The smallest absolute Gasteiger partial charge is 0.255 e. The van der Waals surface area contributed by atoms with E-state index in [2.05, 4.69) is 11.4 Å². The van der Waals surface area contributed by atoms with Crippen molar-refractivity contribution in [3.63, 3.8) is 0 Å². The second kappa shape index (κ2) is 7.03. The van der Waals surface area contributed by atoms with Crippen molar-refractivity contribution in [3.05, 3.63) is 82.9 Å². The van der Waals surface area contributed by atoms with Gasteiger partial charge in [-0.25, -0.2) is 0 Å². The van der Waals surface area contributed by atoms with Gasteiger partial charge in [-0.05, 0) is 61.7 Å². The Hall–Kier alpha value is -3.14. The number of nitrogens with zero attached hydrogens (tertiary/aromatic N) is 1. The molecule has 3 aromatic carbocycles. The maximum atomic E-state index is 13.3. The lowest BCUT2D eigenvalue weighted by Gasteiger charge is -2.31. The quantitative estimate of drug-likeness (QED) is 0.705. The molecule has 148 valence electrons. The molecule has 1 N–H and O–H groups in total. The van der Waals surface area contributed by atoms with Crippen LogP contribution < -0.4 is 5.32 Å². The Labute approximate surface area is 171 Å². The van der Waals surface area contributed by atoms with E-state index in [1.807, 2.05) is 82.3 Å². The second-order valence-corrected chi connectivity index (χ2v) is 8.84. The fraction of sp³-hybridized carbons (Fsp3) is 0.280. The molecule has 4 heteroatoms. The second-order valence-electron chi connectivity index (χ2n) is 8.84. The van der Waals surface area contributed by atoms with Gasteiger partial charge in [0, 0.05) is 17.6 Å². The number of benzene rings is 3. The van der Waals surface area contributed by atoms with Gasteiger partial charge in [0.1, 0.15) is 6.04 Å². The molecule has 0 aliphatic carbocycles. The molecular weight excluding hydrogens is 360 g/mol. The Kier molecular flexibility index (Phi) is 4.65. The van der Waals surface area contributed by atoms with Gasteiger partial charge in [0.15, 0.2) is 0 Å². The topological polar surface area (TPSA) is 49.4 Å². The van der Waals surface area contributed by atoms with Gasteiger partial charge in [-0.3, -0.25) is 9.59 Å². The van der Waals surface area contributed by atoms with E-state index < -0.39 is 6.04 Å². The Balaban J connectivity index is 1.76. The minimum Gasteiger partial charge on any atom is -0.349 e. The van der Waals surface area contributed by atoms with Gasteiger partial charge in [-0.1, -0.05) is 54.1 Å². The molecule has 1 heterocycles. The summed E-state index contributed by atoms with van der Waals surface area (Å²) in [5, 5.41) is 5.19. The first-order valence-corrected chi connectivity index (χ1v) is 9.94. The molecule has 0 saturated carbocycles. The Bertz CT molecular complexity index is 1090. The summed E-state index contributed by atoms with van der Waals surface area (Å²) in [6.07, 6.45) is 0. The average molecular weight is 386 g/mol. The lowest BCUT2D eigenvalue weighted by Crippen LogP contribution is -2.47. The van der Waals surface area contributed by atoms with Crippen LogP contribution in [0.2, 0.25) is 0 Å². The van der Waals surface area contributed by atoms with Gasteiger partial charge >= 0.3 is 0 Å². The molecule has 29 heavy (non-hydrogen) atoms. The van der Waals surface area contributed by atoms with Crippen LogP contribution in [0.3, 0.4) is 0 Å². The number of hydrogen-bond donors (Lipinski definition) is 1. The molecule has 0 fully saturated rings. The minimum atomic E-state index is -0.669. The first-order chi connectivity index (χ1) is 13.7. The minimum absolute atomic E-state index is 0.0969. The predicted octanol–water partition coefficient (Wildman–Crippen LogP) is 4.76. The number of rotatable bonds is 3. The van der Waals surface area contributed by atoms with E-state index in [1.165, 1.54) is 0 Å². The summed E-state index contributed by atoms with van der Waals surface area (Å²) >= 11 is 0. The zero-order valence-corrected chi connectivity index (χ0v) is 17.3. The summed E-state index contributed by atoms with van der Waals surface area (Å²) in [7, 11) is 0. The highest BCUT2D eigenvalue weighted by Crippen LogP contribution is 2.34. The summed E-state index contributed by atoms with van der Waals surface area (Å²) in [5.41, 5.74) is 3.21. The number of fused-ring (bicyclic) bond motifs is 2. The molecule has 0 radical (unpaired) electrons. The molecule has 0 aromatic heterocycles. The molecule has 4 nitrogen and oxygen atoms in total. The normalized spacial score (nSPS) is 14.8. The third-order valence-corrected chi connectivity index (χ3v) is 5.25. The highest BCUT2D eigenvalue weighted by Gasteiger charge is 2.38. The van der Waals surface area contributed by atoms with Crippen LogP contribution in [0, 0.1) is 6.92 Å². The molecular formula is C25H26N2O2. The van der Waals surface area contributed by atoms with Gasteiger partial charge in [-0.15, -0.1) is 0 Å². The predicted molar refractivity (Wildman–Crippen MR) is 116 cm³/mol. The molecule has 0 unspecified atom stereocenters. The zero-order valence-electron chi connectivity index (χ0n) is 17.3. The van der Waals surface area contributed by atoms with E-state index in [0.29, 0.717) is 12.1 Å². The summed E-state index contributed by atoms with van der Waals surface area (Å²) < 4.78 is 0. The van der Waals surface area contributed by atoms with Crippen LogP contribution in [0.25, 0.3) is 10.8 Å². The van der Waals surface area contributed by atoms with Crippen molar-refractivity contribution in [2.75, 3.05) is 0 Å². The van der Waals surface area contributed by atoms with E-state index in [1.54, 1.807) is 4.90 Å². The standard InChI is InChI=1S/C25H26N2O2/c1-16-9-11-17(12-10-16)22(23(28)26-25(2,3)4)27-15-20-13-18-7-5-6-8-19(18)14-21(20)24(27)29/h5-14,22H,15H2,1-4H3,(H,26,28)/t22-/m1/s1. The van der Waals surface area contributed by atoms with Crippen molar-refractivity contribution in [3.8, 4) is 0 Å². The largest absolute Gasteiger partial charge is 0.349 e. The Morgan fingerprint density at radius 1 is 1.00 bits per heavy atom. The highest BCUT2D eigenvalue weighted by molar-refractivity contribution is 6.04. The van der Waals surface area contributed by atoms with Crippen molar-refractivity contribution >= 4 is 22.6 Å². The number of aryl methyl sites for hydroxylation is 1. The van der Waals surface area contributed by atoms with Gasteiger partial charge < -0.3 is 10.2 Å². The van der Waals surface area contributed by atoms with Crippen molar-refractivity contribution in [2.24, 2.45) is 0 Å². The van der Waals surface area contributed by atoms with Crippen molar-refractivity contribution in [1.82, 2.24) is 10.2 Å². The van der Waals surface area contributed by atoms with Crippen LogP contribution in [0.15, 0.2) is 60.7 Å². The van der Waals surface area contributed by atoms with Crippen LogP contribution in [0.1, 0.15) is 53.9 Å². The van der Waals surface area contributed by atoms with Crippen molar-refractivity contribution in [1.29, 1.82) is 0 Å². The number of nitrogens with one attached hydrogen (secondary N) is 1. The summed E-state index contributed by atoms with van der Waals surface area (Å²) in [6.45, 7) is 8.28. The molecule has 1 aliphatic rings. The van der Waals surface area contributed by atoms with Crippen LogP contribution >= 0.6 is 0 Å². The number of hydrogen-bond acceptors (Lipinski definition) is 2. The number of amides is 2. The van der Waals surface area contributed by atoms with Crippen molar-refractivity contribution in [2.45, 2.75) is 45.8 Å². The van der Waals surface area contributed by atoms with Crippen molar-refractivity contribution < 1.29 is 9.59 Å². The lowest BCUT2D eigenvalue weighted by molar-refractivity contribution is -0.127. The fourth-order valence-corrected chi connectivity index (χ4v) is 3.90. The first-order valence-electron chi connectivity index (χ1n) is 9.94. The summed E-state index contributed by atoms with van der Waals surface area (Å²) in [5.74, 6) is -0.257. The highest BCUT2D eigenvalue weighted by atomic mass is 16.2. The summed E-state index contributed by atoms with van der Waals surface area (Å²) in [4.78, 5) is 28.3. The van der Waals surface area contributed by atoms with Gasteiger partial charge in [0.2, 0.25) is 5.91 Å². The molecule has 0 saturated heterocycles. The van der Waals surface area contributed by atoms with E-state index in [4.69, 9.17) is 0 Å². The zero-order chi connectivity index (χ0) is 20.8. The molecule has 3 aromatic rings. The van der Waals surface area contributed by atoms with E-state index >= 15 is 0 Å². The van der Waals surface area contributed by atoms with Gasteiger partial charge in [0.25, 0.3) is 5.91 Å². The first kappa shape index (κ1) is 19.2. The van der Waals surface area contributed by atoms with Crippen LogP contribution in [-0.2, 0) is 11.3 Å². The third-order valence-electron chi connectivity index (χ3n) is 5.25. The molecule has 1 aliphatic heterocycles.